The largest absolute Gasteiger partial charge is 0.320 e. The first kappa shape index (κ1) is 12.9. The Morgan fingerprint density at radius 1 is 1.10 bits per heavy atom. The van der Waals surface area contributed by atoms with Gasteiger partial charge >= 0.3 is 0 Å². The molecular formula is C14H12N6O. The molecule has 1 aromatic carbocycles. The van der Waals surface area contributed by atoms with E-state index in [9.17, 15) is 4.79 Å². The first-order valence-electron chi connectivity index (χ1n) is 6.20. The van der Waals surface area contributed by atoms with E-state index in [1.807, 2.05) is 24.3 Å². The van der Waals surface area contributed by atoms with Crippen molar-refractivity contribution in [1.82, 2.24) is 15.0 Å². The summed E-state index contributed by atoms with van der Waals surface area (Å²) in [5.74, 6) is 5.22. The number of amides is 1. The normalized spacial score (nSPS) is 10.3. The lowest BCUT2D eigenvalue weighted by molar-refractivity contribution is 0.102. The maximum atomic E-state index is 12.2. The Balaban J connectivity index is 1.93. The third-order valence-electron chi connectivity index (χ3n) is 2.94. The molecule has 0 aliphatic rings. The number of nitrogens with zero attached hydrogens (tertiary/aromatic N) is 3. The van der Waals surface area contributed by atoms with Gasteiger partial charge in [-0.15, -0.1) is 0 Å². The van der Waals surface area contributed by atoms with E-state index in [0.717, 1.165) is 10.8 Å². The Labute approximate surface area is 120 Å². The highest BCUT2D eigenvalue weighted by atomic mass is 16.1. The van der Waals surface area contributed by atoms with Gasteiger partial charge in [0.1, 0.15) is 5.69 Å². The zero-order chi connectivity index (χ0) is 14.7. The third-order valence-corrected chi connectivity index (χ3v) is 2.94. The molecule has 0 bridgehead atoms. The highest BCUT2D eigenvalue weighted by Crippen LogP contribution is 2.22. The van der Waals surface area contributed by atoms with Gasteiger partial charge in [0, 0.05) is 28.9 Å². The van der Waals surface area contributed by atoms with Crippen molar-refractivity contribution < 1.29 is 4.79 Å². The van der Waals surface area contributed by atoms with E-state index in [-0.39, 0.29) is 11.6 Å². The summed E-state index contributed by atoms with van der Waals surface area (Å²) in [4.78, 5) is 24.2. The Hall–Kier alpha value is -3.06. The van der Waals surface area contributed by atoms with Gasteiger partial charge in [0.05, 0.1) is 12.4 Å². The predicted octanol–water partition coefficient (Wildman–Crippen LogP) is 1.56. The molecule has 7 nitrogen and oxygen atoms in total. The molecule has 0 radical (unpaired) electrons. The van der Waals surface area contributed by atoms with Crippen LogP contribution in [-0.2, 0) is 0 Å². The number of pyridine rings is 1. The molecule has 0 spiro atoms. The molecule has 0 saturated carbocycles. The predicted molar refractivity (Wildman–Crippen MR) is 79.5 cm³/mol. The van der Waals surface area contributed by atoms with Crippen LogP contribution in [0.25, 0.3) is 10.8 Å². The first-order chi connectivity index (χ1) is 10.3. The zero-order valence-electron chi connectivity index (χ0n) is 10.9. The average molecular weight is 280 g/mol. The number of hydrazine groups is 1. The molecular weight excluding hydrogens is 268 g/mol. The van der Waals surface area contributed by atoms with Crippen molar-refractivity contribution in [1.29, 1.82) is 0 Å². The van der Waals surface area contributed by atoms with Gasteiger partial charge in [0.25, 0.3) is 5.91 Å². The Morgan fingerprint density at radius 3 is 2.86 bits per heavy atom. The van der Waals surface area contributed by atoms with Gasteiger partial charge in [-0.25, -0.2) is 10.8 Å². The molecule has 0 unspecified atom stereocenters. The van der Waals surface area contributed by atoms with Crippen LogP contribution in [0, 0.1) is 0 Å². The highest BCUT2D eigenvalue weighted by Gasteiger charge is 2.10. The van der Waals surface area contributed by atoms with Gasteiger partial charge < -0.3 is 10.7 Å². The van der Waals surface area contributed by atoms with Crippen molar-refractivity contribution in [2.24, 2.45) is 5.84 Å². The highest BCUT2D eigenvalue weighted by molar-refractivity contribution is 6.08. The lowest BCUT2D eigenvalue weighted by atomic mass is 10.1. The van der Waals surface area contributed by atoms with Crippen LogP contribution in [0.2, 0.25) is 0 Å². The quantitative estimate of drug-likeness (QED) is 0.496. The average Bonchev–Trinajstić information content (AvgIpc) is 2.55. The monoisotopic (exact) mass is 280 g/mol. The van der Waals surface area contributed by atoms with E-state index in [1.54, 1.807) is 12.4 Å². The molecule has 7 heteroatoms. The molecule has 0 aliphatic heterocycles. The molecule has 3 rings (SSSR count). The summed E-state index contributed by atoms with van der Waals surface area (Å²) in [6.45, 7) is 0. The first-order valence-corrected chi connectivity index (χ1v) is 6.20. The number of anilines is 2. The fourth-order valence-corrected chi connectivity index (χ4v) is 1.96. The summed E-state index contributed by atoms with van der Waals surface area (Å²) in [6.07, 6.45) is 6.23. The topological polar surface area (TPSA) is 106 Å². The van der Waals surface area contributed by atoms with Gasteiger partial charge in [-0.2, -0.15) is 0 Å². The number of nitrogens with one attached hydrogen (secondary N) is 2. The molecule has 21 heavy (non-hydrogen) atoms. The van der Waals surface area contributed by atoms with E-state index < -0.39 is 0 Å². The summed E-state index contributed by atoms with van der Waals surface area (Å²) in [7, 11) is 0. The van der Waals surface area contributed by atoms with Crippen LogP contribution in [-0.4, -0.2) is 20.9 Å². The molecule has 4 N–H and O–H groups in total. The van der Waals surface area contributed by atoms with Crippen molar-refractivity contribution in [3.63, 3.8) is 0 Å². The van der Waals surface area contributed by atoms with Gasteiger partial charge in [-0.3, -0.25) is 14.8 Å². The van der Waals surface area contributed by atoms with E-state index >= 15 is 0 Å². The summed E-state index contributed by atoms with van der Waals surface area (Å²) in [6, 6.07) is 7.44. The summed E-state index contributed by atoms with van der Waals surface area (Å²) in [5.41, 5.74) is 3.22. The van der Waals surface area contributed by atoms with E-state index in [2.05, 4.69) is 25.7 Å². The van der Waals surface area contributed by atoms with Crippen LogP contribution in [0.5, 0.6) is 0 Å². The smallest absolute Gasteiger partial charge is 0.275 e. The van der Waals surface area contributed by atoms with Crippen LogP contribution in [0.1, 0.15) is 10.5 Å². The molecule has 0 atom stereocenters. The summed E-state index contributed by atoms with van der Waals surface area (Å²) < 4.78 is 0. The number of carbonyl (C=O) groups excluding carboxylic acids is 1. The van der Waals surface area contributed by atoms with Gasteiger partial charge in [-0.05, 0) is 12.1 Å². The number of hydrogen-bond acceptors (Lipinski definition) is 6. The number of aromatic nitrogens is 3. The van der Waals surface area contributed by atoms with Crippen molar-refractivity contribution >= 4 is 28.2 Å². The maximum absolute atomic E-state index is 12.2. The molecule has 104 valence electrons. The molecule has 3 aromatic rings. The zero-order valence-corrected chi connectivity index (χ0v) is 10.9. The number of hydrogen-bond donors (Lipinski definition) is 3. The van der Waals surface area contributed by atoms with Crippen LogP contribution in [0.15, 0.2) is 49.1 Å². The van der Waals surface area contributed by atoms with Gasteiger partial charge in [-0.1, -0.05) is 12.1 Å². The third kappa shape index (κ3) is 2.63. The minimum atomic E-state index is -0.357. The van der Waals surface area contributed by atoms with Crippen molar-refractivity contribution in [2.45, 2.75) is 0 Å². The fourth-order valence-electron chi connectivity index (χ4n) is 1.96. The molecule has 2 heterocycles. The van der Waals surface area contributed by atoms with Crippen LogP contribution >= 0.6 is 0 Å². The minimum Gasteiger partial charge on any atom is -0.320 e. The minimum absolute atomic E-state index is 0.177. The lowest BCUT2D eigenvalue weighted by Crippen LogP contribution is -2.16. The second-order valence-corrected chi connectivity index (χ2v) is 4.29. The van der Waals surface area contributed by atoms with Gasteiger partial charge in [0.2, 0.25) is 0 Å². The molecule has 0 aliphatic carbocycles. The fraction of sp³-hybridized carbons (Fsp3) is 0. The number of rotatable bonds is 3. The second-order valence-electron chi connectivity index (χ2n) is 4.29. The van der Waals surface area contributed by atoms with Crippen molar-refractivity contribution in [3.05, 3.63) is 54.7 Å². The van der Waals surface area contributed by atoms with Crippen LogP contribution < -0.4 is 16.6 Å². The number of carbonyl (C=O) groups is 1. The molecule has 2 aromatic heterocycles. The van der Waals surface area contributed by atoms with Gasteiger partial charge in [0.15, 0.2) is 5.82 Å². The standard InChI is InChI=1S/C14H12N6O/c15-20-13-8-17-7-12(18-13)14(21)19-11-3-1-2-9-6-16-5-4-10(9)11/h1-8H,15H2,(H,18,20)(H,19,21). The Morgan fingerprint density at radius 2 is 2.00 bits per heavy atom. The Kier molecular flexibility index (Phi) is 3.40. The van der Waals surface area contributed by atoms with E-state index in [4.69, 9.17) is 5.84 Å². The lowest BCUT2D eigenvalue weighted by Gasteiger charge is -2.08. The summed E-state index contributed by atoms with van der Waals surface area (Å²) in [5, 5.41) is 4.66. The van der Waals surface area contributed by atoms with E-state index in [1.165, 1.54) is 12.4 Å². The van der Waals surface area contributed by atoms with Crippen molar-refractivity contribution in [3.8, 4) is 0 Å². The summed E-state index contributed by atoms with van der Waals surface area (Å²) >= 11 is 0. The number of nitrogens with two attached hydrogens (primary N) is 1. The second kappa shape index (κ2) is 5.51. The van der Waals surface area contributed by atoms with E-state index in [0.29, 0.717) is 11.5 Å². The van der Waals surface area contributed by atoms with Crippen molar-refractivity contribution in [2.75, 3.05) is 10.7 Å². The number of benzene rings is 1. The SMILES string of the molecule is NNc1cncc(C(=O)Nc2cccc3cnccc23)n1. The number of nitrogen functional groups attached to an aromatic ring is 1. The Bertz CT molecular complexity index is 799. The molecule has 1 amide bonds. The van der Waals surface area contributed by atoms with Crippen LogP contribution in [0.4, 0.5) is 11.5 Å². The molecule has 0 fully saturated rings. The number of fused-ring (bicyclic) bond motifs is 1. The maximum Gasteiger partial charge on any atom is 0.275 e. The van der Waals surface area contributed by atoms with Crippen LogP contribution in [0.3, 0.4) is 0 Å². The molecule has 0 saturated heterocycles.